The van der Waals surface area contributed by atoms with E-state index in [4.69, 9.17) is 4.74 Å². The third-order valence-electron chi connectivity index (χ3n) is 2.19. The van der Waals surface area contributed by atoms with E-state index in [0.29, 0.717) is 17.2 Å². The normalized spacial score (nSPS) is 10.4. The largest absolute Gasteiger partial charge is 0.455 e. The van der Waals surface area contributed by atoms with E-state index in [2.05, 4.69) is 9.79 Å². The highest BCUT2D eigenvalue weighted by molar-refractivity contribution is 5.61. The molecule has 0 saturated carbocycles. The molecule has 0 aliphatic carbocycles. The molecule has 0 spiro atoms. The summed E-state index contributed by atoms with van der Waals surface area (Å²) in [5.41, 5.74) is 2.16. The average molecular weight is 220 g/mol. The summed E-state index contributed by atoms with van der Waals surface area (Å²) in [6.45, 7) is 4.24. The van der Waals surface area contributed by atoms with Crippen molar-refractivity contribution in [3.8, 4) is 17.1 Å². The monoisotopic (exact) mass is 220 g/mol. The Balaban J connectivity index is 2.45. The highest BCUT2D eigenvalue weighted by Crippen LogP contribution is 2.24. The molecule has 0 fully saturated rings. The first-order valence-corrected chi connectivity index (χ1v) is 5.02. The second-order valence-electron chi connectivity index (χ2n) is 3.38. The maximum absolute atomic E-state index is 11.4. The van der Waals surface area contributed by atoms with E-state index in [9.17, 15) is 5.21 Å². The molecule has 0 atom stereocenters. The summed E-state index contributed by atoms with van der Waals surface area (Å²) in [5.74, 6) is 0.223. The van der Waals surface area contributed by atoms with Gasteiger partial charge in [-0.25, -0.2) is 0 Å². The Kier molecular flexibility index (Phi) is 2.76. The zero-order valence-electron chi connectivity index (χ0n) is 9.14. The van der Waals surface area contributed by atoms with Crippen molar-refractivity contribution in [1.29, 1.82) is 0 Å². The molecule has 1 aromatic heterocycles. The van der Waals surface area contributed by atoms with Crippen LogP contribution in [0.15, 0.2) is 28.9 Å². The van der Waals surface area contributed by atoms with Crippen LogP contribution >= 0.6 is 0 Å². The number of hydrogen-bond donors (Lipinski definition) is 0. The second-order valence-corrected chi connectivity index (χ2v) is 3.38. The number of nitrogens with zero attached hydrogens (tertiary/aromatic N) is 2. The summed E-state index contributed by atoms with van der Waals surface area (Å²) in [5, 5.41) is 15.0. The van der Waals surface area contributed by atoms with Crippen LogP contribution in [-0.4, -0.2) is 11.8 Å². The fourth-order valence-corrected chi connectivity index (χ4v) is 1.41. The summed E-state index contributed by atoms with van der Waals surface area (Å²) in [6.07, 6.45) is 0. The van der Waals surface area contributed by atoms with E-state index in [-0.39, 0.29) is 5.88 Å². The van der Waals surface area contributed by atoms with Gasteiger partial charge in [0.15, 0.2) is 0 Å². The standard InChI is InChI=1S/C11H12N2O3/c1-3-15-11-10(13(14)16-12-11)9-6-4-8(2)5-7-9/h4-7H,3H2,1-2H3. The lowest BCUT2D eigenvalue weighted by molar-refractivity contribution is -0.793. The Bertz CT molecular complexity index is 476. The Morgan fingerprint density at radius 1 is 1.38 bits per heavy atom. The molecule has 0 aliphatic rings. The number of aromatic nitrogens is 2. The SMILES string of the molecule is CCOc1no[n+]([O-])c1-c1ccc(C)cc1. The molecule has 0 N–H and O–H groups in total. The van der Waals surface area contributed by atoms with Gasteiger partial charge >= 0.3 is 5.88 Å². The third kappa shape index (κ3) is 1.84. The zero-order chi connectivity index (χ0) is 11.5. The average Bonchev–Trinajstić information content (AvgIpc) is 2.62. The summed E-state index contributed by atoms with van der Waals surface area (Å²) >= 11 is 0. The summed E-state index contributed by atoms with van der Waals surface area (Å²) in [4.78, 5) is 0.357. The summed E-state index contributed by atoms with van der Waals surface area (Å²) in [7, 11) is 0. The van der Waals surface area contributed by atoms with Gasteiger partial charge in [-0.15, -0.1) is 0 Å². The van der Waals surface area contributed by atoms with E-state index in [1.165, 1.54) is 0 Å². The smallest absolute Gasteiger partial charge is 0.402 e. The van der Waals surface area contributed by atoms with Crippen LogP contribution in [0.1, 0.15) is 12.5 Å². The quantitative estimate of drug-likeness (QED) is 0.738. The maximum atomic E-state index is 11.4. The third-order valence-corrected chi connectivity index (χ3v) is 2.19. The molecule has 5 heteroatoms. The second kappa shape index (κ2) is 4.22. The molecule has 0 aliphatic heterocycles. The van der Waals surface area contributed by atoms with Gasteiger partial charge in [0, 0.05) is 5.56 Å². The highest BCUT2D eigenvalue weighted by atomic mass is 16.8. The molecule has 0 saturated heterocycles. The van der Waals surface area contributed by atoms with Crippen LogP contribution in [-0.2, 0) is 0 Å². The van der Waals surface area contributed by atoms with Crippen molar-refractivity contribution < 1.29 is 14.3 Å². The van der Waals surface area contributed by atoms with Crippen LogP contribution in [0.5, 0.6) is 5.88 Å². The molecule has 0 radical (unpaired) electrons. The fourth-order valence-electron chi connectivity index (χ4n) is 1.41. The Morgan fingerprint density at radius 2 is 2.06 bits per heavy atom. The minimum absolute atomic E-state index is 0.223. The molecule has 0 amide bonds. The van der Waals surface area contributed by atoms with Crippen LogP contribution in [0.3, 0.4) is 0 Å². The Hall–Kier alpha value is -2.04. The first-order chi connectivity index (χ1) is 7.72. The van der Waals surface area contributed by atoms with Crippen molar-refractivity contribution in [3.63, 3.8) is 0 Å². The molecule has 5 nitrogen and oxygen atoms in total. The van der Waals surface area contributed by atoms with E-state index in [1.807, 2.05) is 38.1 Å². The van der Waals surface area contributed by atoms with Gasteiger partial charge in [0.2, 0.25) is 0 Å². The first kappa shape index (κ1) is 10.5. The topological polar surface area (TPSA) is 62.2 Å². The fraction of sp³-hybridized carbons (Fsp3) is 0.273. The van der Waals surface area contributed by atoms with Gasteiger partial charge in [-0.3, -0.25) is 4.63 Å². The highest BCUT2D eigenvalue weighted by Gasteiger charge is 2.22. The van der Waals surface area contributed by atoms with Crippen LogP contribution < -0.4 is 9.64 Å². The molecule has 1 aromatic carbocycles. The summed E-state index contributed by atoms with van der Waals surface area (Å²) < 4.78 is 9.74. The van der Waals surface area contributed by atoms with E-state index in [0.717, 1.165) is 11.1 Å². The molecule has 84 valence electrons. The zero-order valence-corrected chi connectivity index (χ0v) is 9.14. The van der Waals surface area contributed by atoms with Gasteiger partial charge < -0.3 is 9.94 Å². The van der Waals surface area contributed by atoms with Crippen LogP contribution in [0.2, 0.25) is 0 Å². The van der Waals surface area contributed by atoms with Gasteiger partial charge in [-0.1, -0.05) is 17.7 Å². The molecule has 0 bridgehead atoms. The minimum atomic E-state index is 0.223. The molecule has 1 heterocycles. The number of benzene rings is 1. The van der Waals surface area contributed by atoms with E-state index in [1.54, 1.807) is 0 Å². The molecule has 2 aromatic rings. The van der Waals surface area contributed by atoms with Gasteiger partial charge in [-0.2, -0.15) is 0 Å². The Morgan fingerprint density at radius 3 is 2.69 bits per heavy atom. The number of rotatable bonds is 3. The molecule has 16 heavy (non-hydrogen) atoms. The number of hydrogen-bond acceptors (Lipinski definition) is 4. The van der Waals surface area contributed by atoms with Crippen molar-refractivity contribution in [2.75, 3.05) is 6.61 Å². The van der Waals surface area contributed by atoms with Crippen LogP contribution in [0.4, 0.5) is 0 Å². The van der Waals surface area contributed by atoms with Gasteiger partial charge in [0.25, 0.3) is 5.69 Å². The predicted molar refractivity (Wildman–Crippen MR) is 56.8 cm³/mol. The van der Waals surface area contributed by atoms with Crippen molar-refractivity contribution in [3.05, 3.63) is 35.0 Å². The van der Waals surface area contributed by atoms with Crippen LogP contribution in [0.25, 0.3) is 11.3 Å². The minimum Gasteiger partial charge on any atom is -0.455 e. The van der Waals surface area contributed by atoms with E-state index >= 15 is 0 Å². The number of ether oxygens (including phenoxy) is 1. The molecular weight excluding hydrogens is 208 g/mol. The number of aryl methyl sites for hydroxylation is 1. The van der Waals surface area contributed by atoms with Gasteiger partial charge in [0.05, 0.1) is 11.8 Å². The molecule has 2 rings (SSSR count). The van der Waals surface area contributed by atoms with Gasteiger partial charge in [-0.05, 0) is 30.9 Å². The lowest BCUT2D eigenvalue weighted by atomic mass is 10.1. The van der Waals surface area contributed by atoms with Crippen molar-refractivity contribution in [2.45, 2.75) is 13.8 Å². The first-order valence-electron chi connectivity index (χ1n) is 5.02. The van der Waals surface area contributed by atoms with Crippen molar-refractivity contribution in [1.82, 2.24) is 5.16 Å². The predicted octanol–water partition coefficient (Wildman–Crippen LogP) is 1.68. The molecule has 0 unspecified atom stereocenters. The maximum Gasteiger partial charge on any atom is 0.402 e. The lowest BCUT2D eigenvalue weighted by Crippen LogP contribution is -2.25. The van der Waals surface area contributed by atoms with Crippen molar-refractivity contribution >= 4 is 0 Å². The van der Waals surface area contributed by atoms with Crippen LogP contribution in [0, 0.1) is 12.1 Å². The lowest BCUT2D eigenvalue weighted by Gasteiger charge is -1.99. The molecular formula is C11H12N2O3. The van der Waals surface area contributed by atoms with Gasteiger partial charge in [0.1, 0.15) is 0 Å². The van der Waals surface area contributed by atoms with Crippen molar-refractivity contribution in [2.24, 2.45) is 0 Å². The summed E-state index contributed by atoms with van der Waals surface area (Å²) in [6, 6.07) is 7.49. The Labute approximate surface area is 92.8 Å². The van der Waals surface area contributed by atoms with E-state index < -0.39 is 0 Å².